The molecule has 1 aliphatic rings. The SMILES string of the molecule is CCC(C(=O)NC1(C(=O)O)CCC(C)CC1)c1ccc(OC)cc1. The van der Waals surface area contributed by atoms with Crippen LogP contribution in [-0.2, 0) is 9.59 Å². The Hall–Kier alpha value is -2.04. The van der Waals surface area contributed by atoms with Crippen LogP contribution < -0.4 is 10.1 Å². The van der Waals surface area contributed by atoms with Gasteiger partial charge in [-0.2, -0.15) is 0 Å². The molecular weight excluding hydrogens is 306 g/mol. The lowest BCUT2D eigenvalue weighted by molar-refractivity contribution is -0.150. The van der Waals surface area contributed by atoms with Gasteiger partial charge in [0.1, 0.15) is 11.3 Å². The van der Waals surface area contributed by atoms with Gasteiger partial charge in [-0.3, -0.25) is 4.79 Å². The number of methoxy groups -OCH3 is 1. The first-order valence-electron chi connectivity index (χ1n) is 8.61. The number of benzene rings is 1. The average Bonchev–Trinajstić information content (AvgIpc) is 2.58. The minimum Gasteiger partial charge on any atom is -0.497 e. The molecule has 1 amide bonds. The molecule has 5 heteroatoms. The van der Waals surface area contributed by atoms with Crippen LogP contribution >= 0.6 is 0 Å². The summed E-state index contributed by atoms with van der Waals surface area (Å²) >= 11 is 0. The summed E-state index contributed by atoms with van der Waals surface area (Å²) in [5, 5.41) is 12.5. The predicted molar refractivity (Wildman–Crippen MR) is 92.2 cm³/mol. The van der Waals surface area contributed by atoms with E-state index in [-0.39, 0.29) is 11.8 Å². The first-order chi connectivity index (χ1) is 11.4. The fraction of sp³-hybridized carbons (Fsp3) is 0.579. The number of amides is 1. The molecule has 1 saturated carbocycles. The number of rotatable bonds is 6. The Balaban J connectivity index is 2.16. The fourth-order valence-corrected chi connectivity index (χ4v) is 3.38. The molecule has 1 aromatic rings. The third kappa shape index (κ3) is 3.89. The topological polar surface area (TPSA) is 75.6 Å². The van der Waals surface area contributed by atoms with E-state index >= 15 is 0 Å². The number of carbonyl (C=O) groups is 2. The molecule has 0 saturated heterocycles. The second kappa shape index (κ2) is 7.69. The third-order valence-electron chi connectivity index (χ3n) is 5.14. The van der Waals surface area contributed by atoms with Crippen LogP contribution in [0.3, 0.4) is 0 Å². The van der Waals surface area contributed by atoms with Crippen LogP contribution in [0, 0.1) is 5.92 Å². The van der Waals surface area contributed by atoms with Gasteiger partial charge in [-0.25, -0.2) is 4.79 Å². The number of carboxylic acids is 1. The van der Waals surface area contributed by atoms with Crippen LogP contribution in [0.2, 0.25) is 0 Å². The van der Waals surface area contributed by atoms with E-state index in [1.807, 2.05) is 31.2 Å². The molecule has 1 fully saturated rings. The van der Waals surface area contributed by atoms with Crippen molar-refractivity contribution in [3.8, 4) is 5.75 Å². The van der Waals surface area contributed by atoms with E-state index in [1.54, 1.807) is 7.11 Å². The summed E-state index contributed by atoms with van der Waals surface area (Å²) in [6.07, 6.45) is 3.25. The first-order valence-corrected chi connectivity index (χ1v) is 8.61. The zero-order chi connectivity index (χ0) is 17.7. The van der Waals surface area contributed by atoms with Crippen molar-refractivity contribution in [1.29, 1.82) is 0 Å². The normalized spacial score (nSPS) is 24.9. The minimum atomic E-state index is -1.12. The molecule has 1 aliphatic carbocycles. The Kier molecular flexibility index (Phi) is 5.86. The molecule has 0 bridgehead atoms. The van der Waals surface area contributed by atoms with Crippen LogP contribution in [0.25, 0.3) is 0 Å². The van der Waals surface area contributed by atoms with E-state index in [9.17, 15) is 14.7 Å². The van der Waals surface area contributed by atoms with Gasteiger partial charge in [0.05, 0.1) is 13.0 Å². The Morgan fingerprint density at radius 1 is 1.29 bits per heavy atom. The maximum absolute atomic E-state index is 12.8. The van der Waals surface area contributed by atoms with E-state index in [1.165, 1.54) is 0 Å². The number of ether oxygens (including phenoxy) is 1. The summed E-state index contributed by atoms with van der Waals surface area (Å²) in [4.78, 5) is 24.6. The molecule has 24 heavy (non-hydrogen) atoms. The van der Waals surface area contributed by atoms with Crippen molar-refractivity contribution in [2.24, 2.45) is 5.92 Å². The lowest BCUT2D eigenvalue weighted by Gasteiger charge is -2.37. The van der Waals surface area contributed by atoms with Gasteiger partial charge in [-0.05, 0) is 55.7 Å². The van der Waals surface area contributed by atoms with Crippen LogP contribution in [0.4, 0.5) is 0 Å². The number of hydrogen-bond acceptors (Lipinski definition) is 3. The van der Waals surface area contributed by atoms with Crippen molar-refractivity contribution < 1.29 is 19.4 Å². The van der Waals surface area contributed by atoms with Gasteiger partial charge in [0, 0.05) is 0 Å². The molecule has 5 nitrogen and oxygen atoms in total. The van der Waals surface area contributed by atoms with Crippen molar-refractivity contribution in [2.75, 3.05) is 7.11 Å². The highest BCUT2D eigenvalue weighted by molar-refractivity contribution is 5.90. The van der Waals surface area contributed by atoms with Crippen molar-refractivity contribution >= 4 is 11.9 Å². The molecule has 0 radical (unpaired) electrons. The Morgan fingerprint density at radius 2 is 1.88 bits per heavy atom. The summed E-state index contributed by atoms with van der Waals surface area (Å²) < 4.78 is 5.14. The molecule has 0 heterocycles. The molecule has 0 aliphatic heterocycles. The Bertz CT molecular complexity index is 574. The van der Waals surface area contributed by atoms with E-state index in [2.05, 4.69) is 12.2 Å². The van der Waals surface area contributed by atoms with Crippen molar-refractivity contribution in [3.63, 3.8) is 0 Å². The highest BCUT2D eigenvalue weighted by Crippen LogP contribution is 2.33. The quantitative estimate of drug-likeness (QED) is 0.837. The first kappa shape index (κ1) is 18.3. The smallest absolute Gasteiger partial charge is 0.329 e. The second-order valence-electron chi connectivity index (χ2n) is 6.79. The molecule has 1 unspecified atom stereocenters. The number of nitrogens with one attached hydrogen (secondary N) is 1. The lowest BCUT2D eigenvalue weighted by atomic mass is 9.76. The monoisotopic (exact) mass is 333 g/mol. The molecule has 2 N–H and O–H groups in total. The van der Waals surface area contributed by atoms with Crippen LogP contribution in [0.5, 0.6) is 5.75 Å². The predicted octanol–water partition coefficient (Wildman–Crippen LogP) is 3.34. The van der Waals surface area contributed by atoms with E-state index in [0.29, 0.717) is 25.2 Å². The van der Waals surface area contributed by atoms with Gasteiger partial charge in [-0.1, -0.05) is 26.0 Å². The average molecular weight is 333 g/mol. The van der Waals surface area contributed by atoms with Crippen LogP contribution in [0.1, 0.15) is 57.4 Å². The summed E-state index contributed by atoms with van der Waals surface area (Å²) in [7, 11) is 1.60. The standard InChI is InChI=1S/C19H27NO4/c1-4-16(14-5-7-15(24-3)8-6-14)17(21)20-19(18(22)23)11-9-13(2)10-12-19/h5-8,13,16H,4,9-12H2,1-3H3,(H,20,21)(H,22,23). The Labute approximate surface area is 143 Å². The fourth-order valence-electron chi connectivity index (χ4n) is 3.38. The zero-order valence-corrected chi connectivity index (χ0v) is 14.7. The maximum Gasteiger partial charge on any atom is 0.329 e. The number of aliphatic carboxylic acids is 1. The van der Waals surface area contributed by atoms with Crippen molar-refractivity contribution in [1.82, 2.24) is 5.32 Å². The minimum absolute atomic E-state index is 0.209. The zero-order valence-electron chi connectivity index (χ0n) is 14.7. The highest BCUT2D eigenvalue weighted by Gasteiger charge is 2.43. The summed E-state index contributed by atoms with van der Waals surface area (Å²) in [6.45, 7) is 4.06. The summed E-state index contributed by atoms with van der Waals surface area (Å²) in [5.41, 5.74) is -0.246. The van der Waals surface area contributed by atoms with Crippen molar-refractivity contribution in [2.45, 2.75) is 57.4 Å². The summed E-state index contributed by atoms with van der Waals surface area (Å²) in [5.74, 6) is -0.242. The Morgan fingerprint density at radius 3 is 2.33 bits per heavy atom. The van der Waals surface area contributed by atoms with Crippen LogP contribution in [-0.4, -0.2) is 29.6 Å². The molecule has 0 aromatic heterocycles. The molecule has 1 atom stereocenters. The van der Waals surface area contributed by atoms with Gasteiger partial charge < -0.3 is 15.2 Å². The maximum atomic E-state index is 12.8. The van der Waals surface area contributed by atoms with Gasteiger partial charge in [-0.15, -0.1) is 0 Å². The number of hydrogen-bond donors (Lipinski definition) is 2. The van der Waals surface area contributed by atoms with Gasteiger partial charge in [0.2, 0.25) is 5.91 Å². The van der Waals surface area contributed by atoms with E-state index in [4.69, 9.17) is 4.74 Å². The largest absolute Gasteiger partial charge is 0.497 e. The number of carbonyl (C=O) groups excluding carboxylic acids is 1. The molecule has 0 spiro atoms. The van der Waals surface area contributed by atoms with Crippen LogP contribution in [0.15, 0.2) is 24.3 Å². The second-order valence-corrected chi connectivity index (χ2v) is 6.79. The molecule has 1 aromatic carbocycles. The molecule has 2 rings (SSSR count). The van der Waals surface area contributed by atoms with Crippen molar-refractivity contribution in [3.05, 3.63) is 29.8 Å². The highest BCUT2D eigenvalue weighted by atomic mass is 16.5. The molecular formula is C19H27NO4. The van der Waals surface area contributed by atoms with E-state index < -0.39 is 11.5 Å². The van der Waals surface area contributed by atoms with Gasteiger partial charge in [0.25, 0.3) is 0 Å². The van der Waals surface area contributed by atoms with Gasteiger partial charge in [0.15, 0.2) is 0 Å². The number of carboxylic acid groups (broad SMARTS) is 1. The molecule has 132 valence electrons. The summed E-state index contributed by atoms with van der Waals surface area (Å²) in [6, 6.07) is 7.37. The lowest BCUT2D eigenvalue weighted by Crippen LogP contribution is -2.57. The van der Waals surface area contributed by atoms with Gasteiger partial charge >= 0.3 is 5.97 Å². The van der Waals surface area contributed by atoms with E-state index in [0.717, 1.165) is 24.2 Å². The third-order valence-corrected chi connectivity index (χ3v) is 5.14.